The number of hydrogen-bond donors (Lipinski definition) is 0. The van der Waals surface area contributed by atoms with Crippen molar-refractivity contribution in [1.29, 1.82) is 0 Å². The third-order valence-electron chi connectivity index (χ3n) is 5.54. The van der Waals surface area contributed by atoms with E-state index in [1.165, 1.54) is 45.7 Å². The second kappa shape index (κ2) is 6.17. The van der Waals surface area contributed by atoms with Crippen LogP contribution in [-0.2, 0) is 0 Å². The molecule has 0 aromatic carbocycles. The Kier molecular flexibility index (Phi) is 5.07. The average molecular weight is 296 g/mol. The molecule has 124 valence electrons. The minimum Gasteiger partial charge on any atom is -0.298 e. The van der Waals surface area contributed by atoms with Crippen LogP contribution >= 0.6 is 0 Å². The molecule has 2 rings (SSSR count). The summed E-state index contributed by atoms with van der Waals surface area (Å²) >= 11 is 0. The quantitative estimate of drug-likeness (QED) is 0.736. The van der Waals surface area contributed by atoms with Crippen molar-refractivity contribution in [2.75, 3.05) is 39.3 Å². The molecule has 0 aromatic rings. The van der Waals surface area contributed by atoms with Gasteiger partial charge in [-0.1, -0.05) is 6.92 Å². The van der Waals surface area contributed by atoms with Gasteiger partial charge < -0.3 is 0 Å². The van der Waals surface area contributed by atoms with Crippen LogP contribution in [0.3, 0.4) is 0 Å². The Morgan fingerprint density at radius 3 is 1.67 bits per heavy atom. The molecule has 3 nitrogen and oxygen atoms in total. The van der Waals surface area contributed by atoms with Gasteiger partial charge in [-0.15, -0.1) is 0 Å². The van der Waals surface area contributed by atoms with Crippen LogP contribution in [0.2, 0.25) is 0 Å². The van der Waals surface area contributed by atoms with Crippen molar-refractivity contribution < 1.29 is 0 Å². The van der Waals surface area contributed by atoms with Gasteiger partial charge in [-0.2, -0.15) is 0 Å². The maximum absolute atomic E-state index is 2.77. The number of nitrogens with zero attached hydrogens (tertiary/aromatic N) is 3. The molecule has 0 aromatic heterocycles. The molecule has 0 radical (unpaired) electrons. The van der Waals surface area contributed by atoms with Crippen molar-refractivity contribution in [2.24, 2.45) is 5.92 Å². The summed E-state index contributed by atoms with van der Waals surface area (Å²) in [5.41, 5.74) is 0.650. The van der Waals surface area contributed by atoms with Crippen LogP contribution in [0.15, 0.2) is 0 Å². The third kappa shape index (κ3) is 4.20. The highest BCUT2D eigenvalue weighted by atomic mass is 15.3. The Labute approximate surface area is 132 Å². The number of rotatable bonds is 1. The maximum atomic E-state index is 2.77. The smallest absolute Gasteiger partial charge is 0.0146 e. The van der Waals surface area contributed by atoms with Crippen LogP contribution < -0.4 is 0 Å². The zero-order chi connectivity index (χ0) is 15.8. The highest BCUT2D eigenvalue weighted by molar-refractivity contribution is 4.92. The Balaban J connectivity index is 1.88. The first-order chi connectivity index (χ1) is 9.59. The Hall–Kier alpha value is -0.120. The normalized spacial score (nSPS) is 31.6. The van der Waals surface area contributed by atoms with E-state index in [4.69, 9.17) is 0 Å². The highest BCUT2D eigenvalue weighted by Crippen LogP contribution is 2.28. The molecular weight excluding hydrogens is 258 g/mol. The summed E-state index contributed by atoms with van der Waals surface area (Å²) in [6, 6.07) is 0.797. The van der Waals surface area contributed by atoms with Crippen LogP contribution in [0.5, 0.6) is 0 Å². The molecule has 2 atom stereocenters. The Bertz CT molecular complexity index is 331. The lowest BCUT2D eigenvalue weighted by molar-refractivity contribution is -0.0134. The van der Waals surface area contributed by atoms with Gasteiger partial charge in [0.25, 0.3) is 0 Å². The Morgan fingerprint density at radius 1 is 0.714 bits per heavy atom. The molecule has 2 aliphatic rings. The second-order valence-corrected chi connectivity index (χ2v) is 9.14. The molecule has 0 N–H and O–H groups in total. The van der Waals surface area contributed by atoms with Gasteiger partial charge in [0.05, 0.1) is 0 Å². The van der Waals surface area contributed by atoms with E-state index in [-0.39, 0.29) is 0 Å². The molecule has 21 heavy (non-hydrogen) atoms. The molecule has 2 saturated heterocycles. The predicted molar refractivity (Wildman–Crippen MR) is 91.8 cm³/mol. The fraction of sp³-hybridized carbons (Fsp3) is 1.00. The maximum Gasteiger partial charge on any atom is 0.0146 e. The van der Waals surface area contributed by atoms with Crippen molar-refractivity contribution in [3.63, 3.8) is 0 Å². The highest BCUT2D eigenvalue weighted by Gasteiger charge is 2.36. The van der Waals surface area contributed by atoms with E-state index < -0.39 is 0 Å². The van der Waals surface area contributed by atoms with Crippen LogP contribution in [0.4, 0.5) is 0 Å². The van der Waals surface area contributed by atoms with Gasteiger partial charge >= 0.3 is 0 Å². The lowest BCUT2D eigenvalue weighted by Gasteiger charge is -2.50. The molecule has 0 saturated carbocycles. The topological polar surface area (TPSA) is 9.72 Å². The van der Waals surface area contributed by atoms with Crippen LogP contribution in [0.1, 0.15) is 54.9 Å². The zero-order valence-corrected chi connectivity index (χ0v) is 15.4. The van der Waals surface area contributed by atoms with Gasteiger partial charge in [-0.25, -0.2) is 0 Å². The summed E-state index contributed by atoms with van der Waals surface area (Å²) in [5, 5.41) is 0. The summed E-state index contributed by atoms with van der Waals surface area (Å²) in [5.74, 6) is 0.791. The summed E-state index contributed by atoms with van der Waals surface area (Å²) in [6.45, 7) is 24.0. The number of piperazine rings is 1. The van der Waals surface area contributed by atoms with E-state index >= 15 is 0 Å². The largest absolute Gasteiger partial charge is 0.298 e. The lowest BCUT2D eigenvalue weighted by atomic mass is 9.88. The molecule has 2 aliphatic heterocycles. The van der Waals surface area contributed by atoms with Gasteiger partial charge in [0.1, 0.15) is 0 Å². The van der Waals surface area contributed by atoms with Crippen LogP contribution in [0, 0.1) is 5.92 Å². The zero-order valence-electron chi connectivity index (χ0n) is 15.4. The van der Waals surface area contributed by atoms with Crippen LogP contribution in [0.25, 0.3) is 0 Å². The first-order valence-corrected chi connectivity index (χ1v) is 8.83. The average Bonchev–Trinajstić information content (AvgIpc) is 2.36. The molecule has 2 heterocycles. The van der Waals surface area contributed by atoms with Gasteiger partial charge in [-0.05, 0) is 53.9 Å². The molecule has 0 spiro atoms. The van der Waals surface area contributed by atoms with E-state index in [0.717, 1.165) is 12.0 Å². The van der Waals surface area contributed by atoms with Gasteiger partial charge in [-0.3, -0.25) is 14.7 Å². The summed E-state index contributed by atoms with van der Waals surface area (Å²) < 4.78 is 0. The SMILES string of the molecule is CC1CN(C(C)(C)C)CCC1N1CCN(C(C)(C)C)CC1. The van der Waals surface area contributed by atoms with E-state index in [1.807, 2.05) is 0 Å². The van der Waals surface area contributed by atoms with E-state index in [1.54, 1.807) is 0 Å². The minimum atomic E-state index is 0.324. The van der Waals surface area contributed by atoms with Crippen molar-refractivity contribution >= 4 is 0 Å². The monoisotopic (exact) mass is 295 g/mol. The van der Waals surface area contributed by atoms with Gasteiger partial charge in [0, 0.05) is 56.4 Å². The predicted octanol–water partition coefficient (Wildman–Crippen LogP) is 2.91. The lowest BCUT2D eigenvalue weighted by Crippen LogP contribution is -2.60. The first-order valence-electron chi connectivity index (χ1n) is 8.83. The molecular formula is C18H37N3. The number of likely N-dealkylation sites (tertiary alicyclic amines) is 1. The summed E-state index contributed by atoms with van der Waals surface area (Å²) in [4.78, 5) is 8.07. The third-order valence-corrected chi connectivity index (χ3v) is 5.54. The standard InChI is InChI=1S/C18H37N3/c1-15-14-21(18(5,6)7)9-8-16(15)19-10-12-20(13-11-19)17(2,3)4/h15-16H,8-14H2,1-7H3. The van der Waals surface area contributed by atoms with Gasteiger partial charge in [0.2, 0.25) is 0 Å². The van der Waals surface area contributed by atoms with Crippen molar-refractivity contribution in [2.45, 2.75) is 72.0 Å². The molecule has 0 amide bonds. The van der Waals surface area contributed by atoms with E-state index in [0.29, 0.717) is 11.1 Å². The van der Waals surface area contributed by atoms with Gasteiger partial charge in [0.15, 0.2) is 0 Å². The fourth-order valence-electron chi connectivity index (χ4n) is 4.01. The van der Waals surface area contributed by atoms with Crippen LogP contribution in [-0.4, -0.2) is 71.1 Å². The number of piperidine rings is 1. The Morgan fingerprint density at radius 2 is 1.24 bits per heavy atom. The summed E-state index contributed by atoms with van der Waals surface area (Å²) in [7, 11) is 0. The van der Waals surface area contributed by atoms with E-state index in [2.05, 4.69) is 63.2 Å². The van der Waals surface area contributed by atoms with Crippen molar-refractivity contribution in [3.8, 4) is 0 Å². The molecule has 0 aliphatic carbocycles. The number of hydrogen-bond acceptors (Lipinski definition) is 3. The first kappa shape index (κ1) is 17.2. The van der Waals surface area contributed by atoms with Crippen molar-refractivity contribution in [1.82, 2.24) is 14.7 Å². The second-order valence-electron chi connectivity index (χ2n) is 9.14. The van der Waals surface area contributed by atoms with E-state index in [9.17, 15) is 0 Å². The van der Waals surface area contributed by atoms with Crippen molar-refractivity contribution in [3.05, 3.63) is 0 Å². The fourth-order valence-corrected chi connectivity index (χ4v) is 4.01. The minimum absolute atomic E-state index is 0.324. The molecule has 0 bridgehead atoms. The molecule has 2 fully saturated rings. The molecule has 2 unspecified atom stereocenters. The summed E-state index contributed by atoms with van der Waals surface area (Å²) in [6.07, 6.45) is 1.34. The molecule has 3 heteroatoms.